The molecular formula is C37H63N7O7S. The van der Waals surface area contributed by atoms with Crippen molar-refractivity contribution in [1.29, 1.82) is 0 Å². The van der Waals surface area contributed by atoms with Gasteiger partial charge in [0.2, 0.25) is 17.6 Å². The van der Waals surface area contributed by atoms with Crippen LogP contribution >= 0.6 is 0 Å². The second kappa shape index (κ2) is 19.0. The molecule has 14 nitrogen and oxygen atoms in total. The highest BCUT2D eigenvalue weighted by atomic mass is 32.2. The highest BCUT2D eigenvalue weighted by Gasteiger charge is 2.48. The first-order chi connectivity index (χ1) is 24.1. The number of hydrogen-bond acceptors (Lipinski definition) is 7. The number of carbonyl (C=O) groups excluding carboxylic acids is 5. The number of nitrogens with zero attached hydrogens (tertiary/aromatic N) is 3. The van der Waals surface area contributed by atoms with E-state index < -0.39 is 74.7 Å². The lowest BCUT2D eigenvalue weighted by Crippen LogP contribution is -2.62. The molecule has 0 aromatic rings. The Morgan fingerprint density at radius 3 is 2.10 bits per heavy atom. The maximum atomic E-state index is 14.4. The van der Waals surface area contributed by atoms with Gasteiger partial charge in [-0.2, -0.15) is 17.0 Å². The highest BCUT2D eigenvalue weighted by Crippen LogP contribution is 2.33. The Hall–Kier alpha value is -3.48. The summed E-state index contributed by atoms with van der Waals surface area (Å²) >= 11 is 0. The Kier molecular flexibility index (Phi) is 16.3. The first-order valence-corrected chi connectivity index (χ1v) is 19.7. The van der Waals surface area contributed by atoms with Gasteiger partial charge in [-0.05, 0) is 48.3 Å². The van der Waals surface area contributed by atoms with Crippen molar-refractivity contribution in [2.75, 3.05) is 39.8 Å². The molecule has 0 bridgehead atoms. The van der Waals surface area contributed by atoms with Gasteiger partial charge in [0.1, 0.15) is 12.1 Å². The standard InChI is InChI=1S/C37H63N7O7S/c1-12-14-18-27(30(45)33(47)38-20-13-2)39-32(46)29-26(25(3)4)19-23-44(29)34(48)31(37(8,9)10)41-35(49)40-28(36(5,6)7)24-42(11)52(50,51)43-21-16-15-17-22-43/h1,13,25-29,31H,2,14-24H2,3-11H3,(H,38,47)(H,39,46)(H2,40,41,49)/t26?,27?,28-,29+,31-/m1/s1. The van der Waals surface area contributed by atoms with Gasteiger partial charge in [-0.1, -0.05) is 67.9 Å². The molecule has 0 saturated carbocycles. The molecule has 15 heteroatoms. The van der Waals surface area contributed by atoms with E-state index in [1.165, 1.54) is 26.6 Å². The largest absolute Gasteiger partial charge is 0.346 e. The molecule has 294 valence electrons. The second-order valence-electron chi connectivity index (χ2n) is 16.4. The Labute approximate surface area is 311 Å². The summed E-state index contributed by atoms with van der Waals surface area (Å²) in [7, 11) is -2.23. The van der Waals surface area contributed by atoms with Crippen LogP contribution < -0.4 is 21.3 Å². The molecule has 2 unspecified atom stereocenters. The van der Waals surface area contributed by atoms with Crippen LogP contribution in [0.2, 0.25) is 0 Å². The predicted octanol–water partition coefficient (Wildman–Crippen LogP) is 2.42. The fourth-order valence-corrected chi connectivity index (χ4v) is 8.04. The quantitative estimate of drug-likeness (QED) is 0.106. The van der Waals surface area contributed by atoms with Crippen molar-refractivity contribution in [3.63, 3.8) is 0 Å². The van der Waals surface area contributed by atoms with E-state index in [0.717, 1.165) is 19.3 Å². The molecule has 0 spiro atoms. The molecule has 2 rings (SSSR count). The van der Waals surface area contributed by atoms with E-state index in [-0.39, 0.29) is 44.3 Å². The zero-order valence-corrected chi connectivity index (χ0v) is 33.5. The van der Waals surface area contributed by atoms with Crippen LogP contribution in [-0.4, -0.2) is 115 Å². The molecule has 4 N–H and O–H groups in total. The topological polar surface area (TPSA) is 177 Å². The predicted molar refractivity (Wildman–Crippen MR) is 202 cm³/mol. The van der Waals surface area contributed by atoms with E-state index in [9.17, 15) is 32.4 Å². The summed E-state index contributed by atoms with van der Waals surface area (Å²) in [4.78, 5) is 69.2. The van der Waals surface area contributed by atoms with Gasteiger partial charge < -0.3 is 26.2 Å². The van der Waals surface area contributed by atoms with Crippen molar-refractivity contribution in [1.82, 2.24) is 34.8 Å². The molecule has 0 aromatic heterocycles. The number of Topliss-reactive ketones (excluding diaryl/α,β-unsaturated/α-hetero) is 1. The van der Waals surface area contributed by atoms with Crippen LogP contribution in [0.5, 0.6) is 0 Å². The molecule has 0 radical (unpaired) electrons. The number of likely N-dealkylation sites (tertiary alicyclic amines) is 1. The van der Waals surface area contributed by atoms with Gasteiger partial charge in [-0.15, -0.1) is 18.9 Å². The summed E-state index contributed by atoms with van der Waals surface area (Å²) in [6, 6.07) is -4.52. The molecule has 0 aromatic carbocycles. The van der Waals surface area contributed by atoms with Gasteiger partial charge in [0.15, 0.2) is 0 Å². The van der Waals surface area contributed by atoms with Crippen LogP contribution in [0.1, 0.15) is 93.9 Å². The Bertz CT molecular complexity index is 1440. The van der Waals surface area contributed by atoms with Gasteiger partial charge in [0.25, 0.3) is 16.1 Å². The van der Waals surface area contributed by atoms with Gasteiger partial charge in [-0.3, -0.25) is 19.2 Å². The lowest BCUT2D eigenvalue weighted by Gasteiger charge is -2.39. The number of nitrogens with one attached hydrogen (secondary N) is 4. The monoisotopic (exact) mass is 749 g/mol. The van der Waals surface area contributed by atoms with Crippen LogP contribution in [-0.2, 0) is 29.4 Å². The second-order valence-corrected chi connectivity index (χ2v) is 18.5. The Balaban J connectivity index is 2.34. The van der Waals surface area contributed by atoms with E-state index >= 15 is 0 Å². The Morgan fingerprint density at radius 1 is 0.962 bits per heavy atom. The number of hydrogen-bond donors (Lipinski definition) is 4. The number of terminal acetylenes is 1. The molecule has 2 saturated heterocycles. The molecule has 2 fully saturated rings. The van der Waals surface area contributed by atoms with Crippen LogP contribution in [0.15, 0.2) is 12.7 Å². The van der Waals surface area contributed by atoms with E-state index in [1.54, 1.807) is 20.8 Å². The summed E-state index contributed by atoms with van der Waals surface area (Å²) in [6.45, 7) is 19.8. The zero-order valence-electron chi connectivity index (χ0n) is 32.7. The summed E-state index contributed by atoms with van der Waals surface area (Å²) in [5.41, 5.74) is -1.35. The van der Waals surface area contributed by atoms with E-state index in [2.05, 4.69) is 33.8 Å². The maximum Gasteiger partial charge on any atom is 0.315 e. The number of piperidine rings is 1. The van der Waals surface area contributed by atoms with Crippen molar-refractivity contribution < 1.29 is 32.4 Å². The summed E-state index contributed by atoms with van der Waals surface area (Å²) in [6.07, 6.45) is 10.1. The number of ketones is 1. The first-order valence-electron chi connectivity index (χ1n) is 18.3. The minimum absolute atomic E-state index is 0.0134. The third-order valence-corrected chi connectivity index (χ3v) is 11.9. The number of carbonyl (C=O) groups is 5. The lowest BCUT2D eigenvalue weighted by atomic mass is 9.84. The zero-order chi connectivity index (χ0) is 39.6. The average Bonchev–Trinajstić information content (AvgIpc) is 3.52. The van der Waals surface area contributed by atoms with E-state index in [4.69, 9.17) is 6.42 Å². The first kappa shape index (κ1) is 44.7. The lowest BCUT2D eigenvalue weighted by molar-refractivity contribution is -0.144. The molecule has 5 atom stereocenters. The maximum absolute atomic E-state index is 14.4. The third-order valence-electron chi connectivity index (χ3n) is 9.91. The SMILES string of the molecule is C#CCCC(NC(=O)[C@@H]1C(C(C)C)CCN1C(=O)[C@@H](NC(=O)N[C@H](CN(C)S(=O)(=O)N1CCCCC1)C(C)(C)C)C(C)(C)C)C(=O)C(=O)NCC=C. The van der Waals surface area contributed by atoms with Crippen LogP contribution in [0.25, 0.3) is 0 Å². The Morgan fingerprint density at radius 2 is 1.58 bits per heavy atom. The van der Waals surface area contributed by atoms with E-state index in [0.29, 0.717) is 19.5 Å². The van der Waals surface area contributed by atoms with Gasteiger partial charge in [0, 0.05) is 52.2 Å². The minimum atomic E-state index is -3.74. The molecule has 52 heavy (non-hydrogen) atoms. The van der Waals surface area contributed by atoms with Crippen molar-refractivity contribution in [3.05, 3.63) is 12.7 Å². The van der Waals surface area contributed by atoms with Crippen molar-refractivity contribution in [2.24, 2.45) is 22.7 Å². The summed E-state index contributed by atoms with van der Waals surface area (Å²) in [5, 5.41) is 10.9. The van der Waals surface area contributed by atoms with Crippen molar-refractivity contribution in [3.8, 4) is 12.3 Å². The van der Waals surface area contributed by atoms with Crippen LogP contribution in [0.3, 0.4) is 0 Å². The highest BCUT2D eigenvalue weighted by molar-refractivity contribution is 7.86. The van der Waals surface area contributed by atoms with Gasteiger partial charge in [0.05, 0.1) is 6.04 Å². The number of amides is 5. The fourth-order valence-electron chi connectivity index (χ4n) is 6.59. The smallest absolute Gasteiger partial charge is 0.315 e. The van der Waals surface area contributed by atoms with Crippen LogP contribution in [0, 0.1) is 35.0 Å². The molecule has 2 heterocycles. The molecule has 5 amide bonds. The number of rotatable bonds is 16. The summed E-state index contributed by atoms with van der Waals surface area (Å²) in [5.74, 6) is -0.628. The normalized spacial score (nSPS) is 20.4. The third kappa shape index (κ3) is 12.0. The summed E-state index contributed by atoms with van der Waals surface area (Å²) < 4.78 is 29.5. The van der Waals surface area contributed by atoms with E-state index in [1.807, 2.05) is 34.6 Å². The molecular weight excluding hydrogens is 687 g/mol. The van der Waals surface area contributed by atoms with Crippen molar-refractivity contribution >= 4 is 39.7 Å². The van der Waals surface area contributed by atoms with Gasteiger partial charge in [-0.25, -0.2) is 4.79 Å². The van der Waals surface area contributed by atoms with Gasteiger partial charge >= 0.3 is 6.03 Å². The average molecular weight is 750 g/mol. The minimum Gasteiger partial charge on any atom is -0.346 e. The molecule has 2 aliphatic rings. The van der Waals surface area contributed by atoms with Crippen molar-refractivity contribution in [2.45, 2.75) is 118 Å². The fraction of sp³-hybridized carbons (Fsp3) is 0.757. The number of urea groups is 1. The molecule has 0 aliphatic carbocycles. The van der Waals surface area contributed by atoms with Crippen LogP contribution in [0.4, 0.5) is 4.79 Å². The number of likely N-dealkylation sites (N-methyl/N-ethyl adjacent to an activating group) is 1. The molecule has 2 aliphatic heterocycles.